The summed E-state index contributed by atoms with van der Waals surface area (Å²) in [5, 5.41) is 2.59. The standard InChI is InChI=1S/C12H19N3O3S/c1-2-7-14-12(16)9-15-19(17,18)11-6-4-3-5-10(11)8-13/h3-6,15H,2,7-9,13H2,1H3,(H,14,16). The van der Waals surface area contributed by atoms with Gasteiger partial charge in [0.25, 0.3) is 0 Å². The van der Waals surface area contributed by atoms with Crippen molar-refractivity contribution in [1.29, 1.82) is 0 Å². The van der Waals surface area contributed by atoms with Crippen molar-refractivity contribution < 1.29 is 13.2 Å². The third kappa shape index (κ3) is 4.62. The molecule has 0 fully saturated rings. The number of rotatable bonds is 7. The normalized spacial score (nSPS) is 11.3. The summed E-state index contributed by atoms with van der Waals surface area (Å²) in [4.78, 5) is 11.5. The van der Waals surface area contributed by atoms with E-state index in [1.165, 1.54) is 6.07 Å². The van der Waals surface area contributed by atoms with Gasteiger partial charge in [-0.2, -0.15) is 0 Å². The maximum absolute atomic E-state index is 12.0. The Hall–Kier alpha value is -1.44. The summed E-state index contributed by atoms with van der Waals surface area (Å²) in [5.74, 6) is -0.351. The molecule has 0 aliphatic heterocycles. The molecule has 7 heteroatoms. The fraction of sp³-hybridized carbons (Fsp3) is 0.417. The van der Waals surface area contributed by atoms with E-state index in [1.54, 1.807) is 18.2 Å². The maximum atomic E-state index is 12.0. The van der Waals surface area contributed by atoms with Gasteiger partial charge in [0, 0.05) is 13.1 Å². The molecule has 0 aromatic heterocycles. The van der Waals surface area contributed by atoms with Gasteiger partial charge in [0.15, 0.2) is 0 Å². The zero-order valence-electron chi connectivity index (χ0n) is 10.8. The summed E-state index contributed by atoms with van der Waals surface area (Å²) in [6.45, 7) is 2.29. The summed E-state index contributed by atoms with van der Waals surface area (Å²) in [6.07, 6.45) is 0.800. The largest absolute Gasteiger partial charge is 0.355 e. The van der Waals surface area contributed by atoms with E-state index in [9.17, 15) is 13.2 Å². The molecule has 0 aliphatic carbocycles. The zero-order chi connectivity index (χ0) is 14.3. The van der Waals surface area contributed by atoms with Crippen LogP contribution in [0.3, 0.4) is 0 Å². The minimum Gasteiger partial charge on any atom is -0.355 e. The number of sulfonamides is 1. The lowest BCUT2D eigenvalue weighted by atomic mass is 10.2. The fourth-order valence-corrected chi connectivity index (χ4v) is 2.73. The van der Waals surface area contributed by atoms with E-state index in [4.69, 9.17) is 5.73 Å². The lowest BCUT2D eigenvalue weighted by molar-refractivity contribution is -0.119. The molecule has 0 bridgehead atoms. The molecule has 1 amide bonds. The van der Waals surface area contributed by atoms with Crippen molar-refractivity contribution in [2.24, 2.45) is 5.73 Å². The van der Waals surface area contributed by atoms with Crippen LogP contribution < -0.4 is 15.8 Å². The number of amides is 1. The minimum atomic E-state index is -3.71. The van der Waals surface area contributed by atoms with Crippen molar-refractivity contribution in [3.8, 4) is 0 Å². The van der Waals surface area contributed by atoms with Gasteiger partial charge < -0.3 is 11.1 Å². The summed E-state index contributed by atoms with van der Waals surface area (Å²) in [6, 6.07) is 6.44. The molecule has 106 valence electrons. The van der Waals surface area contributed by atoms with Gasteiger partial charge in [0.05, 0.1) is 11.4 Å². The lowest BCUT2D eigenvalue weighted by Gasteiger charge is -2.10. The van der Waals surface area contributed by atoms with Crippen molar-refractivity contribution in [3.63, 3.8) is 0 Å². The highest BCUT2D eigenvalue weighted by Gasteiger charge is 2.18. The molecule has 0 aliphatic rings. The predicted molar refractivity (Wildman–Crippen MR) is 72.8 cm³/mol. The van der Waals surface area contributed by atoms with Crippen LogP contribution in [0.4, 0.5) is 0 Å². The van der Waals surface area contributed by atoms with Crippen LogP contribution in [0.1, 0.15) is 18.9 Å². The highest BCUT2D eigenvalue weighted by atomic mass is 32.2. The Morgan fingerprint density at radius 3 is 2.63 bits per heavy atom. The van der Waals surface area contributed by atoms with Crippen molar-refractivity contribution >= 4 is 15.9 Å². The average molecular weight is 285 g/mol. The Kier molecular flexibility index (Phi) is 5.94. The smallest absolute Gasteiger partial charge is 0.241 e. The molecule has 0 heterocycles. The summed E-state index contributed by atoms with van der Waals surface area (Å²) in [7, 11) is -3.71. The van der Waals surface area contributed by atoms with Gasteiger partial charge in [-0.15, -0.1) is 0 Å². The second kappa shape index (κ2) is 7.22. The molecule has 0 unspecified atom stereocenters. The third-order valence-electron chi connectivity index (χ3n) is 2.48. The van der Waals surface area contributed by atoms with Crippen LogP contribution in [-0.4, -0.2) is 27.4 Å². The number of carbonyl (C=O) groups excluding carboxylic acids is 1. The van der Waals surface area contributed by atoms with Crippen LogP contribution in [-0.2, 0) is 21.4 Å². The highest BCUT2D eigenvalue weighted by molar-refractivity contribution is 7.89. The molecule has 0 atom stereocenters. The maximum Gasteiger partial charge on any atom is 0.241 e. The fourth-order valence-electron chi connectivity index (χ4n) is 1.50. The van der Waals surface area contributed by atoms with Crippen molar-refractivity contribution in [2.75, 3.05) is 13.1 Å². The van der Waals surface area contributed by atoms with Gasteiger partial charge in [0.1, 0.15) is 0 Å². The first-order valence-corrected chi connectivity index (χ1v) is 7.54. The first-order valence-electron chi connectivity index (χ1n) is 6.05. The summed E-state index contributed by atoms with van der Waals surface area (Å²) in [5.41, 5.74) is 6.02. The molecule has 0 radical (unpaired) electrons. The van der Waals surface area contributed by atoms with E-state index >= 15 is 0 Å². The molecule has 6 nitrogen and oxygen atoms in total. The third-order valence-corrected chi connectivity index (χ3v) is 3.98. The van der Waals surface area contributed by atoms with E-state index in [0.29, 0.717) is 12.1 Å². The molecule has 1 aromatic carbocycles. The van der Waals surface area contributed by atoms with Gasteiger partial charge in [0.2, 0.25) is 15.9 Å². The summed E-state index contributed by atoms with van der Waals surface area (Å²) < 4.78 is 26.4. The average Bonchev–Trinajstić information content (AvgIpc) is 2.43. The zero-order valence-corrected chi connectivity index (χ0v) is 11.7. The second-order valence-electron chi connectivity index (χ2n) is 3.99. The van der Waals surface area contributed by atoms with Crippen LogP contribution >= 0.6 is 0 Å². The van der Waals surface area contributed by atoms with E-state index < -0.39 is 10.0 Å². The van der Waals surface area contributed by atoms with Crippen molar-refractivity contribution in [1.82, 2.24) is 10.0 Å². The van der Waals surface area contributed by atoms with E-state index in [2.05, 4.69) is 10.0 Å². The Morgan fingerprint density at radius 1 is 1.32 bits per heavy atom. The SMILES string of the molecule is CCCNC(=O)CNS(=O)(=O)c1ccccc1CN. The predicted octanol–water partition coefficient (Wildman–Crippen LogP) is -0.0502. The van der Waals surface area contributed by atoms with Gasteiger partial charge in [-0.3, -0.25) is 4.79 Å². The number of benzene rings is 1. The van der Waals surface area contributed by atoms with Crippen LogP contribution in [0.25, 0.3) is 0 Å². The number of hydrogen-bond donors (Lipinski definition) is 3. The number of carbonyl (C=O) groups is 1. The molecule has 4 N–H and O–H groups in total. The van der Waals surface area contributed by atoms with Crippen LogP contribution in [0.15, 0.2) is 29.2 Å². The van der Waals surface area contributed by atoms with Gasteiger partial charge in [-0.05, 0) is 18.1 Å². The van der Waals surface area contributed by atoms with Crippen LogP contribution in [0, 0.1) is 0 Å². The summed E-state index contributed by atoms with van der Waals surface area (Å²) >= 11 is 0. The molecule has 1 rings (SSSR count). The number of hydrogen-bond acceptors (Lipinski definition) is 4. The quantitative estimate of drug-likeness (QED) is 0.653. The topological polar surface area (TPSA) is 101 Å². The first kappa shape index (κ1) is 15.6. The first-order chi connectivity index (χ1) is 9.01. The Morgan fingerprint density at radius 2 is 2.00 bits per heavy atom. The van der Waals surface area contributed by atoms with Crippen LogP contribution in [0.2, 0.25) is 0 Å². The van der Waals surface area contributed by atoms with Crippen molar-refractivity contribution in [2.45, 2.75) is 24.8 Å². The van der Waals surface area contributed by atoms with Crippen LogP contribution in [0.5, 0.6) is 0 Å². The molecule has 0 saturated carbocycles. The van der Waals surface area contributed by atoms with E-state index in [0.717, 1.165) is 6.42 Å². The van der Waals surface area contributed by atoms with Crippen molar-refractivity contribution in [3.05, 3.63) is 29.8 Å². The molecular formula is C12H19N3O3S. The minimum absolute atomic E-state index is 0.112. The molecule has 0 spiro atoms. The lowest BCUT2D eigenvalue weighted by Crippen LogP contribution is -2.37. The van der Waals surface area contributed by atoms with Gasteiger partial charge >= 0.3 is 0 Å². The number of nitrogens with two attached hydrogens (primary N) is 1. The number of nitrogens with one attached hydrogen (secondary N) is 2. The Labute approximate surface area is 113 Å². The Bertz CT molecular complexity index is 529. The van der Waals surface area contributed by atoms with Gasteiger partial charge in [-0.25, -0.2) is 13.1 Å². The van der Waals surface area contributed by atoms with E-state index in [-0.39, 0.29) is 23.9 Å². The molecule has 0 saturated heterocycles. The highest BCUT2D eigenvalue weighted by Crippen LogP contribution is 2.14. The molecule has 19 heavy (non-hydrogen) atoms. The molecule has 1 aromatic rings. The second-order valence-corrected chi connectivity index (χ2v) is 5.72. The Balaban J connectivity index is 2.73. The monoisotopic (exact) mass is 285 g/mol. The van der Waals surface area contributed by atoms with Gasteiger partial charge in [-0.1, -0.05) is 25.1 Å². The van der Waals surface area contributed by atoms with E-state index in [1.807, 2.05) is 6.92 Å². The molecular weight excluding hydrogens is 266 g/mol.